The number of sulfonamides is 1. The number of carbonyl (C=O) groups is 2. The minimum absolute atomic E-state index is 0.0346. The summed E-state index contributed by atoms with van der Waals surface area (Å²) in [7, 11) is -3.57. The maximum atomic E-state index is 14.0. The van der Waals surface area contributed by atoms with E-state index >= 15 is 0 Å². The fraction of sp³-hybridized carbons (Fsp3) is 0.412. The van der Waals surface area contributed by atoms with Gasteiger partial charge >= 0.3 is 0 Å². The summed E-state index contributed by atoms with van der Waals surface area (Å²) in [4.78, 5) is 29.4. The molecule has 3 aromatic rings. The second-order valence-electron chi connectivity index (χ2n) is 11.2. The zero-order valence-corrected chi connectivity index (χ0v) is 26.6. The molecule has 0 aliphatic rings. The van der Waals surface area contributed by atoms with E-state index in [4.69, 9.17) is 0 Å². The third kappa shape index (κ3) is 9.18. The average molecular weight is 592 g/mol. The Kier molecular flexibility index (Phi) is 11.7. The van der Waals surface area contributed by atoms with Crippen molar-refractivity contribution in [1.82, 2.24) is 10.2 Å². The van der Waals surface area contributed by atoms with Crippen molar-refractivity contribution < 1.29 is 18.0 Å². The van der Waals surface area contributed by atoms with E-state index < -0.39 is 16.1 Å². The van der Waals surface area contributed by atoms with E-state index in [1.54, 1.807) is 11.0 Å². The van der Waals surface area contributed by atoms with Gasteiger partial charge in [-0.25, -0.2) is 8.42 Å². The molecule has 7 nitrogen and oxygen atoms in total. The first-order chi connectivity index (χ1) is 19.9. The highest BCUT2D eigenvalue weighted by atomic mass is 32.2. The normalized spacial score (nSPS) is 12.8. The molecular weight excluding hydrogens is 546 g/mol. The molecular formula is C34H45N3O4S. The molecule has 3 rings (SSSR count). The number of anilines is 1. The number of aryl methyl sites for hydroxylation is 2. The molecule has 3 aromatic carbocycles. The van der Waals surface area contributed by atoms with Crippen molar-refractivity contribution in [2.75, 3.05) is 17.1 Å². The molecule has 2 atom stereocenters. The van der Waals surface area contributed by atoms with Crippen LogP contribution >= 0.6 is 0 Å². The third-order valence-electron chi connectivity index (χ3n) is 7.70. The molecule has 42 heavy (non-hydrogen) atoms. The van der Waals surface area contributed by atoms with Crippen LogP contribution in [-0.2, 0) is 32.6 Å². The van der Waals surface area contributed by atoms with Gasteiger partial charge in [-0.3, -0.25) is 13.9 Å². The molecule has 0 saturated heterocycles. The first-order valence-corrected chi connectivity index (χ1v) is 16.5. The van der Waals surface area contributed by atoms with E-state index in [0.29, 0.717) is 18.5 Å². The van der Waals surface area contributed by atoms with E-state index in [9.17, 15) is 18.0 Å². The van der Waals surface area contributed by atoms with Gasteiger partial charge in [0.05, 0.1) is 11.9 Å². The summed E-state index contributed by atoms with van der Waals surface area (Å²) in [6.07, 6.45) is 2.75. The van der Waals surface area contributed by atoms with Crippen LogP contribution < -0.4 is 9.62 Å². The molecule has 0 unspecified atom stereocenters. The number of hydrogen-bond acceptors (Lipinski definition) is 4. The average Bonchev–Trinajstić information content (AvgIpc) is 2.94. The fourth-order valence-electron chi connectivity index (χ4n) is 4.99. The van der Waals surface area contributed by atoms with Crippen LogP contribution in [0.4, 0.5) is 5.69 Å². The summed E-state index contributed by atoms with van der Waals surface area (Å²) >= 11 is 0. The lowest BCUT2D eigenvalue weighted by molar-refractivity contribution is -0.141. The molecule has 0 saturated carbocycles. The van der Waals surface area contributed by atoms with Crippen LogP contribution in [0.3, 0.4) is 0 Å². The number of rotatable bonds is 14. The van der Waals surface area contributed by atoms with Gasteiger partial charge in [0.25, 0.3) is 0 Å². The standard InChI is InChI=1S/C34H45N3O4S/c1-7-27(4)35-34(39)32(23-29-16-9-8-10-17-29)36(24-30-18-11-14-25(2)22-30)33(38)20-13-21-37(42(6,40)41)31-19-12-15-26(3)28(31)5/h8-12,14-19,22,27,32H,7,13,20-21,23-24H2,1-6H3,(H,35,39)/t27-,32-/m0/s1. The maximum Gasteiger partial charge on any atom is 0.243 e. The lowest BCUT2D eigenvalue weighted by Gasteiger charge is -2.33. The van der Waals surface area contributed by atoms with Crippen LogP contribution in [0, 0.1) is 20.8 Å². The lowest BCUT2D eigenvalue weighted by atomic mass is 10.0. The number of nitrogens with one attached hydrogen (secondary N) is 1. The van der Waals surface area contributed by atoms with Gasteiger partial charge in [0.1, 0.15) is 6.04 Å². The van der Waals surface area contributed by atoms with Gasteiger partial charge < -0.3 is 10.2 Å². The molecule has 0 bridgehead atoms. The van der Waals surface area contributed by atoms with Crippen molar-refractivity contribution in [2.45, 2.75) is 78.9 Å². The summed E-state index contributed by atoms with van der Waals surface area (Å²) in [5.74, 6) is -0.381. The van der Waals surface area contributed by atoms with Gasteiger partial charge in [0.15, 0.2) is 0 Å². The summed E-state index contributed by atoms with van der Waals surface area (Å²) in [6, 6.07) is 22.5. The molecule has 2 amide bonds. The molecule has 0 aliphatic heterocycles. The predicted octanol–water partition coefficient (Wildman–Crippen LogP) is 5.71. The first-order valence-electron chi connectivity index (χ1n) is 14.6. The van der Waals surface area contributed by atoms with Gasteiger partial charge in [-0.15, -0.1) is 0 Å². The van der Waals surface area contributed by atoms with Gasteiger partial charge in [-0.2, -0.15) is 0 Å². The Morgan fingerprint density at radius 3 is 2.21 bits per heavy atom. The molecule has 226 valence electrons. The largest absolute Gasteiger partial charge is 0.352 e. The van der Waals surface area contributed by atoms with Gasteiger partial charge in [0, 0.05) is 32.0 Å². The van der Waals surface area contributed by atoms with Crippen LogP contribution in [0.25, 0.3) is 0 Å². The minimum Gasteiger partial charge on any atom is -0.352 e. The van der Waals surface area contributed by atoms with Crippen LogP contribution in [0.5, 0.6) is 0 Å². The topological polar surface area (TPSA) is 86.8 Å². The Morgan fingerprint density at radius 2 is 1.57 bits per heavy atom. The van der Waals surface area contributed by atoms with Gasteiger partial charge in [0.2, 0.25) is 21.8 Å². The number of nitrogens with zero attached hydrogens (tertiary/aromatic N) is 2. The van der Waals surface area contributed by atoms with E-state index in [-0.39, 0.29) is 37.4 Å². The van der Waals surface area contributed by atoms with Crippen LogP contribution in [0.15, 0.2) is 72.8 Å². The molecule has 0 fully saturated rings. The Morgan fingerprint density at radius 1 is 0.905 bits per heavy atom. The Labute approximate surface area is 252 Å². The SMILES string of the molecule is CC[C@H](C)NC(=O)[C@H](Cc1ccccc1)N(Cc1cccc(C)c1)C(=O)CCCN(c1cccc(C)c1C)S(C)(=O)=O. The highest BCUT2D eigenvalue weighted by Gasteiger charge is 2.31. The van der Waals surface area contributed by atoms with Crippen molar-refractivity contribution in [3.63, 3.8) is 0 Å². The zero-order valence-electron chi connectivity index (χ0n) is 25.8. The second-order valence-corrected chi connectivity index (χ2v) is 13.1. The minimum atomic E-state index is -3.57. The maximum absolute atomic E-state index is 14.0. The Balaban J connectivity index is 1.91. The van der Waals surface area contributed by atoms with Crippen molar-refractivity contribution in [2.24, 2.45) is 0 Å². The summed E-state index contributed by atoms with van der Waals surface area (Å²) < 4.78 is 27.0. The Bertz CT molecular complexity index is 1460. The van der Waals surface area contributed by atoms with E-state index in [1.807, 2.05) is 101 Å². The molecule has 0 radical (unpaired) electrons. The van der Waals surface area contributed by atoms with Crippen molar-refractivity contribution in [3.8, 4) is 0 Å². The van der Waals surface area contributed by atoms with Gasteiger partial charge in [-0.1, -0.05) is 79.2 Å². The van der Waals surface area contributed by atoms with Crippen molar-refractivity contribution in [1.29, 1.82) is 0 Å². The highest BCUT2D eigenvalue weighted by Crippen LogP contribution is 2.26. The highest BCUT2D eigenvalue weighted by molar-refractivity contribution is 7.92. The molecule has 0 aliphatic carbocycles. The molecule has 0 spiro atoms. The molecule has 1 N–H and O–H groups in total. The summed E-state index contributed by atoms with van der Waals surface area (Å²) in [6.45, 7) is 10.3. The van der Waals surface area contributed by atoms with Crippen LogP contribution in [-0.4, -0.2) is 50.0 Å². The summed E-state index contributed by atoms with van der Waals surface area (Å²) in [5.41, 5.74) is 5.47. The number of carbonyl (C=O) groups excluding carboxylic acids is 2. The van der Waals surface area contributed by atoms with E-state index in [0.717, 1.165) is 34.2 Å². The van der Waals surface area contributed by atoms with Crippen molar-refractivity contribution in [3.05, 3.63) is 101 Å². The second kappa shape index (κ2) is 15.0. The quantitative estimate of drug-likeness (QED) is 0.260. The zero-order chi connectivity index (χ0) is 30.9. The predicted molar refractivity (Wildman–Crippen MR) is 171 cm³/mol. The number of benzene rings is 3. The third-order valence-corrected chi connectivity index (χ3v) is 8.88. The van der Waals surface area contributed by atoms with E-state index in [1.165, 1.54) is 10.6 Å². The monoisotopic (exact) mass is 591 g/mol. The first kappa shape index (κ1) is 32.9. The number of hydrogen-bond donors (Lipinski definition) is 1. The fourth-order valence-corrected chi connectivity index (χ4v) is 6.01. The number of amides is 2. The van der Waals surface area contributed by atoms with Crippen LogP contribution in [0.2, 0.25) is 0 Å². The van der Waals surface area contributed by atoms with Crippen molar-refractivity contribution >= 4 is 27.5 Å². The summed E-state index contributed by atoms with van der Waals surface area (Å²) in [5, 5.41) is 3.09. The lowest BCUT2D eigenvalue weighted by Crippen LogP contribution is -2.52. The molecule has 8 heteroatoms. The molecule has 0 aromatic heterocycles. The van der Waals surface area contributed by atoms with E-state index in [2.05, 4.69) is 5.32 Å². The smallest absolute Gasteiger partial charge is 0.243 e. The van der Waals surface area contributed by atoms with Crippen LogP contribution in [0.1, 0.15) is 60.9 Å². The Hall–Kier alpha value is -3.65. The van der Waals surface area contributed by atoms with Gasteiger partial charge in [-0.05, 0) is 68.9 Å². The molecule has 0 heterocycles.